The third kappa shape index (κ3) is 6.72. The molecule has 2 atom stereocenters. The molecule has 3 N–H and O–H groups in total. The zero-order chi connectivity index (χ0) is 16.8. The van der Waals surface area contributed by atoms with Gasteiger partial charge < -0.3 is 15.5 Å². The lowest BCUT2D eigenvalue weighted by Crippen LogP contribution is -3.15. The van der Waals surface area contributed by atoms with Crippen molar-refractivity contribution in [1.82, 2.24) is 10.6 Å². The van der Waals surface area contributed by atoms with Crippen molar-refractivity contribution in [3.8, 4) is 0 Å². The molecule has 0 saturated carbocycles. The molecule has 0 fully saturated rings. The maximum absolute atomic E-state index is 12.2. The number of rotatable bonds is 6. The van der Waals surface area contributed by atoms with Gasteiger partial charge in [0.2, 0.25) is 0 Å². The molecule has 0 aliphatic carbocycles. The maximum Gasteiger partial charge on any atom is 0.278 e. The van der Waals surface area contributed by atoms with E-state index in [1.165, 1.54) is 0 Å². The van der Waals surface area contributed by atoms with Crippen molar-refractivity contribution in [2.75, 3.05) is 13.6 Å². The second-order valence-corrected chi connectivity index (χ2v) is 6.75. The Kier molecular flexibility index (Phi) is 6.56. The summed E-state index contributed by atoms with van der Waals surface area (Å²) in [5.41, 5.74) is 0.807. The molecule has 0 aliphatic heterocycles. The summed E-state index contributed by atoms with van der Waals surface area (Å²) in [6, 6.07) is 9.49. The van der Waals surface area contributed by atoms with E-state index in [0.717, 1.165) is 10.5 Å². The number of benzene rings is 1. The molecule has 1 aromatic rings. The van der Waals surface area contributed by atoms with Gasteiger partial charge >= 0.3 is 0 Å². The molecule has 5 heteroatoms. The lowest BCUT2D eigenvalue weighted by Gasteiger charge is -2.24. The quantitative estimate of drug-likeness (QED) is 0.699. The van der Waals surface area contributed by atoms with Gasteiger partial charge in [-0.15, -0.1) is 0 Å². The molecule has 0 aliphatic rings. The van der Waals surface area contributed by atoms with Crippen molar-refractivity contribution in [3.63, 3.8) is 0 Å². The fraction of sp³-hybridized carbons (Fsp3) is 0.529. The van der Waals surface area contributed by atoms with E-state index in [1.807, 2.05) is 65.1 Å². The molecule has 0 heterocycles. The molecule has 22 heavy (non-hydrogen) atoms. The van der Waals surface area contributed by atoms with Crippen LogP contribution in [-0.4, -0.2) is 37.0 Å². The lowest BCUT2D eigenvalue weighted by atomic mass is 10.1. The Labute approximate surface area is 133 Å². The van der Waals surface area contributed by atoms with Crippen LogP contribution >= 0.6 is 0 Å². The minimum atomic E-state index is -0.283. The first-order valence-corrected chi connectivity index (χ1v) is 7.64. The molecule has 0 spiro atoms. The first-order chi connectivity index (χ1) is 10.2. The van der Waals surface area contributed by atoms with E-state index in [-0.39, 0.29) is 29.9 Å². The summed E-state index contributed by atoms with van der Waals surface area (Å²) in [5.74, 6) is -0.0994. The Morgan fingerprint density at radius 1 is 1.18 bits per heavy atom. The summed E-state index contributed by atoms with van der Waals surface area (Å²) in [5, 5.41) is 5.82. The molecule has 0 aromatic heterocycles. The summed E-state index contributed by atoms with van der Waals surface area (Å²) in [4.78, 5) is 24.9. The monoisotopic (exact) mass is 306 g/mol. The van der Waals surface area contributed by atoms with Crippen molar-refractivity contribution < 1.29 is 14.5 Å². The molecule has 1 aromatic carbocycles. The Morgan fingerprint density at radius 2 is 1.77 bits per heavy atom. The highest BCUT2D eigenvalue weighted by Gasteiger charge is 2.25. The fourth-order valence-corrected chi connectivity index (χ4v) is 2.03. The summed E-state index contributed by atoms with van der Waals surface area (Å²) in [6.45, 7) is 8.44. The molecule has 2 amide bonds. The number of hydrogen-bond acceptors (Lipinski definition) is 2. The summed E-state index contributed by atoms with van der Waals surface area (Å²) >= 11 is 0. The van der Waals surface area contributed by atoms with Crippen molar-refractivity contribution in [1.29, 1.82) is 0 Å². The van der Waals surface area contributed by atoms with E-state index in [9.17, 15) is 9.59 Å². The second-order valence-electron chi connectivity index (χ2n) is 6.75. The van der Waals surface area contributed by atoms with E-state index in [4.69, 9.17) is 0 Å². The Hall–Kier alpha value is -1.88. The van der Waals surface area contributed by atoms with Gasteiger partial charge in [-0.25, -0.2) is 0 Å². The number of amides is 2. The molecule has 0 saturated heterocycles. The minimum absolute atomic E-state index is 0.0484. The van der Waals surface area contributed by atoms with E-state index in [2.05, 4.69) is 10.6 Å². The third-order valence-electron chi connectivity index (χ3n) is 3.40. The van der Waals surface area contributed by atoms with Gasteiger partial charge in [0.1, 0.15) is 0 Å². The van der Waals surface area contributed by atoms with Crippen LogP contribution in [0.5, 0.6) is 0 Å². The molecule has 122 valence electrons. The van der Waals surface area contributed by atoms with Crippen LogP contribution in [0.25, 0.3) is 0 Å². The predicted octanol–water partition coefficient (Wildman–Crippen LogP) is 0.121. The van der Waals surface area contributed by atoms with Gasteiger partial charge in [0.05, 0.1) is 7.05 Å². The molecule has 0 bridgehead atoms. The van der Waals surface area contributed by atoms with Crippen LogP contribution in [-0.2, 0) is 16.1 Å². The molecule has 1 unspecified atom stereocenters. The van der Waals surface area contributed by atoms with Crippen molar-refractivity contribution in [2.45, 2.75) is 45.8 Å². The van der Waals surface area contributed by atoms with Gasteiger partial charge in [0.25, 0.3) is 11.8 Å². The molecule has 1 rings (SSSR count). The highest BCUT2D eigenvalue weighted by molar-refractivity contribution is 5.81. The van der Waals surface area contributed by atoms with Crippen molar-refractivity contribution >= 4 is 11.8 Å². The van der Waals surface area contributed by atoms with E-state index in [1.54, 1.807) is 0 Å². The van der Waals surface area contributed by atoms with Gasteiger partial charge in [-0.1, -0.05) is 30.3 Å². The molecular weight excluding hydrogens is 278 g/mol. The Bertz CT molecular complexity index is 494. The maximum atomic E-state index is 12.2. The zero-order valence-electron chi connectivity index (χ0n) is 14.2. The Balaban J connectivity index is 2.43. The number of likely N-dealkylation sites (N-methyl/N-ethyl adjacent to an activating group) is 1. The normalized spacial score (nSPS) is 14.0. The van der Waals surface area contributed by atoms with Gasteiger partial charge in [-0.2, -0.15) is 0 Å². The highest BCUT2D eigenvalue weighted by atomic mass is 16.2. The smallest absolute Gasteiger partial charge is 0.278 e. The van der Waals surface area contributed by atoms with E-state index < -0.39 is 0 Å². The first-order valence-electron chi connectivity index (χ1n) is 7.64. The number of nitrogens with one attached hydrogen (secondary N) is 3. The molecular formula is C17H28N3O2+. The second kappa shape index (κ2) is 7.94. The third-order valence-corrected chi connectivity index (χ3v) is 3.40. The van der Waals surface area contributed by atoms with Crippen molar-refractivity contribution in [2.24, 2.45) is 0 Å². The molecule has 0 radical (unpaired) electrons. The number of quaternary nitrogens is 1. The van der Waals surface area contributed by atoms with Crippen LogP contribution in [0.1, 0.15) is 33.3 Å². The van der Waals surface area contributed by atoms with Crippen LogP contribution in [0.15, 0.2) is 30.3 Å². The number of carbonyl (C=O) groups is 2. The van der Waals surface area contributed by atoms with E-state index >= 15 is 0 Å². The highest BCUT2D eigenvalue weighted by Crippen LogP contribution is 1.98. The fourth-order valence-electron chi connectivity index (χ4n) is 2.03. The summed E-state index contributed by atoms with van der Waals surface area (Å²) in [6.07, 6.45) is 0. The van der Waals surface area contributed by atoms with Crippen LogP contribution in [0, 0.1) is 0 Å². The van der Waals surface area contributed by atoms with Gasteiger partial charge in [-0.3, -0.25) is 9.59 Å². The van der Waals surface area contributed by atoms with Gasteiger partial charge in [-0.05, 0) is 33.3 Å². The average molecular weight is 306 g/mol. The number of hydrogen-bond donors (Lipinski definition) is 3. The van der Waals surface area contributed by atoms with E-state index in [0.29, 0.717) is 6.54 Å². The van der Waals surface area contributed by atoms with Crippen molar-refractivity contribution in [3.05, 3.63) is 35.9 Å². The zero-order valence-corrected chi connectivity index (χ0v) is 14.2. The minimum Gasteiger partial charge on any atom is -0.347 e. The molecule has 5 nitrogen and oxygen atoms in total. The topological polar surface area (TPSA) is 62.6 Å². The lowest BCUT2D eigenvalue weighted by molar-refractivity contribution is -0.886. The van der Waals surface area contributed by atoms with Crippen LogP contribution in [0.4, 0.5) is 0 Å². The summed E-state index contributed by atoms with van der Waals surface area (Å²) < 4.78 is 0. The predicted molar refractivity (Wildman–Crippen MR) is 87.4 cm³/mol. The Morgan fingerprint density at radius 3 is 2.32 bits per heavy atom. The van der Waals surface area contributed by atoms with Crippen LogP contribution in [0.3, 0.4) is 0 Å². The van der Waals surface area contributed by atoms with Gasteiger partial charge in [0.15, 0.2) is 12.6 Å². The largest absolute Gasteiger partial charge is 0.347 e. The van der Waals surface area contributed by atoms with Crippen LogP contribution in [0.2, 0.25) is 0 Å². The summed E-state index contributed by atoms with van der Waals surface area (Å²) in [7, 11) is 1.86. The first kappa shape index (κ1) is 18.2. The standard InChI is InChI=1S/C17H27N3O2/c1-13(20(5)12-15(21)19-17(2,3)4)16(22)18-11-14-9-7-6-8-10-14/h6-10,13H,11-12H2,1-5H3,(H,18,22)(H,19,21)/p+1/t13-/m0/s1. The SMILES string of the molecule is C[C@@H](C(=O)NCc1ccccc1)[NH+](C)CC(=O)NC(C)(C)C. The average Bonchev–Trinajstić information content (AvgIpc) is 2.42. The number of carbonyl (C=O) groups excluding carboxylic acids is 2. The van der Waals surface area contributed by atoms with Crippen LogP contribution < -0.4 is 15.5 Å². The van der Waals surface area contributed by atoms with Gasteiger partial charge in [0, 0.05) is 12.1 Å².